The second-order valence-electron chi connectivity index (χ2n) is 7.72. The Bertz CT molecular complexity index is 1330. The maximum Gasteiger partial charge on any atom is 0.252 e. The number of carbonyl (C=O) groups excluding carboxylic acids is 1. The molecular formula is C21H21FN8O. The van der Waals surface area contributed by atoms with Crippen LogP contribution in [0.1, 0.15) is 22.5 Å². The summed E-state index contributed by atoms with van der Waals surface area (Å²) >= 11 is 0. The van der Waals surface area contributed by atoms with Crippen molar-refractivity contribution in [2.24, 2.45) is 5.73 Å². The molecule has 10 heteroatoms. The number of pyridine rings is 2. The maximum absolute atomic E-state index is 14.6. The number of fused-ring (bicyclic) bond motifs is 2. The number of aryl methyl sites for hydroxylation is 1. The van der Waals surface area contributed by atoms with Crippen molar-refractivity contribution in [1.29, 1.82) is 0 Å². The minimum Gasteiger partial charge on any atom is -0.365 e. The molecule has 9 nitrogen and oxygen atoms in total. The van der Waals surface area contributed by atoms with E-state index in [4.69, 9.17) is 5.73 Å². The normalized spacial score (nSPS) is 16.5. The Kier molecular flexibility index (Phi) is 4.51. The molecule has 1 atom stereocenters. The van der Waals surface area contributed by atoms with E-state index in [0.717, 1.165) is 19.5 Å². The lowest BCUT2D eigenvalue weighted by Gasteiger charge is -2.19. The zero-order chi connectivity index (χ0) is 21.7. The highest BCUT2D eigenvalue weighted by Crippen LogP contribution is 2.29. The molecule has 0 spiro atoms. The molecule has 158 valence electrons. The van der Waals surface area contributed by atoms with Gasteiger partial charge >= 0.3 is 0 Å². The van der Waals surface area contributed by atoms with E-state index < -0.39 is 11.7 Å². The molecule has 31 heavy (non-hydrogen) atoms. The van der Waals surface area contributed by atoms with Crippen LogP contribution in [0.5, 0.6) is 0 Å². The van der Waals surface area contributed by atoms with E-state index >= 15 is 0 Å². The van der Waals surface area contributed by atoms with Gasteiger partial charge in [-0.2, -0.15) is 0 Å². The van der Waals surface area contributed by atoms with E-state index in [1.54, 1.807) is 29.9 Å². The van der Waals surface area contributed by atoms with Crippen LogP contribution in [-0.4, -0.2) is 56.4 Å². The van der Waals surface area contributed by atoms with Gasteiger partial charge in [0.15, 0.2) is 17.3 Å². The average molecular weight is 420 g/mol. The summed E-state index contributed by atoms with van der Waals surface area (Å²) in [4.78, 5) is 32.0. The number of hydrogen-bond donors (Lipinski definition) is 2. The molecule has 0 bridgehead atoms. The number of imidazole rings is 1. The van der Waals surface area contributed by atoms with Gasteiger partial charge in [-0.3, -0.25) is 4.79 Å². The fourth-order valence-corrected chi connectivity index (χ4v) is 4.05. The molecule has 0 saturated carbocycles. The molecule has 1 fully saturated rings. The number of nitrogens with one attached hydrogen (secondary N) is 1. The fraction of sp³-hybridized carbons (Fsp3) is 0.286. The summed E-state index contributed by atoms with van der Waals surface area (Å²) in [6, 6.07) is 1.72. The fourth-order valence-electron chi connectivity index (χ4n) is 4.05. The van der Waals surface area contributed by atoms with Crippen molar-refractivity contribution in [3.05, 3.63) is 47.9 Å². The highest BCUT2D eigenvalue weighted by atomic mass is 19.1. The number of carbonyl (C=O) groups is 1. The van der Waals surface area contributed by atoms with E-state index in [1.165, 1.54) is 12.3 Å². The molecule has 0 aromatic carbocycles. The average Bonchev–Trinajstić information content (AvgIpc) is 3.38. The van der Waals surface area contributed by atoms with Gasteiger partial charge in [0.25, 0.3) is 5.91 Å². The van der Waals surface area contributed by atoms with Crippen molar-refractivity contribution in [3.8, 4) is 11.3 Å². The molecule has 0 aliphatic carbocycles. The Hall–Kier alpha value is -3.66. The summed E-state index contributed by atoms with van der Waals surface area (Å²) in [7, 11) is 1.93. The zero-order valence-corrected chi connectivity index (χ0v) is 17.1. The predicted octanol–water partition coefficient (Wildman–Crippen LogP) is 1.68. The Labute approximate surface area is 177 Å². The molecule has 4 aromatic heterocycles. The lowest BCUT2D eigenvalue weighted by atomic mass is 10.1. The monoisotopic (exact) mass is 420 g/mol. The van der Waals surface area contributed by atoms with Crippen LogP contribution in [-0.2, 0) is 0 Å². The van der Waals surface area contributed by atoms with Gasteiger partial charge < -0.3 is 20.4 Å². The number of likely N-dealkylation sites (N-methyl/N-ethyl adjacent to an activating group) is 1. The third-order valence-electron chi connectivity index (χ3n) is 5.64. The van der Waals surface area contributed by atoms with Gasteiger partial charge in [0.1, 0.15) is 11.0 Å². The van der Waals surface area contributed by atoms with Crippen molar-refractivity contribution in [3.63, 3.8) is 0 Å². The van der Waals surface area contributed by atoms with Crippen LogP contribution in [0.3, 0.4) is 0 Å². The van der Waals surface area contributed by atoms with Gasteiger partial charge in [-0.1, -0.05) is 0 Å². The Morgan fingerprint density at radius 3 is 2.81 bits per heavy atom. The molecule has 5 rings (SSSR count). The summed E-state index contributed by atoms with van der Waals surface area (Å²) < 4.78 is 16.2. The van der Waals surface area contributed by atoms with E-state index in [1.807, 2.05) is 7.05 Å². The van der Waals surface area contributed by atoms with Crippen molar-refractivity contribution in [2.75, 3.05) is 25.0 Å². The number of amides is 1. The summed E-state index contributed by atoms with van der Waals surface area (Å²) in [6.07, 6.45) is 7.45. The lowest BCUT2D eigenvalue weighted by Crippen LogP contribution is -2.30. The molecule has 1 unspecified atom stereocenters. The number of anilines is 1. The molecule has 1 saturated heterocycles. The number of halogens is 1. The van der Waals surface area contributed by atoms with Crippen LogP contribution >= 0.6 is 0 Å². The zero-order valence-electron chi connectivity index (χ0n) is 17.1. The number of nitrogens with zero attached hydrogens (tertiary/aromatic N) is 6. The van der Waals surface area contributed by atoms with Crippen LogP contribution in [0, 0.1) is 12.7 Å². The van der Waals surface area contributed by atoms with E-state index in [-0.39, 0.29) is 11.2 Å². The molecular weight excluding hydrogens is 399 g/mol. The molecule has 1 amide bonds. The first-order valence-corrected chi connectivity index (χ1v) is 9.97. The first-order chi connectivity index (χ1) is 14.9. The van der Waals surface area contributed by atoms with Crippen molar-refractivity contribution >= 4 is 28.4 Å². The number of nitrogens with two attached hydrogens (primary N) is 1. The Morgan fingerprint density at radius 2 is 2.06 bits per heavy atom. The number of aromatic nitrogens is 5. The van der Waals surface area contributed by atoms with Crippen LogP contribution in [0.15, 0.2) is 30.9 Å². The van der Waals surface area contributed by atoms with Gasteiger partial charge in [-0.05, 0) is 26.5 Å². The second-order valence-corrected chi connectivity index (χ2v) is 7.72. The lowest BCUT2D eigenvalue weighted by molar-refractivity contribution is 0.100. The van der Waals surface area contributed by atoms with Gasteiger partial charge in [-0.15, -0.1) is 0 Å². The van der Waals surface area contributed by atoms with Gasteiger partial charge in [-0.25, -0.2) is 24.3 Å². The Morgan fingerprint density at radius 1 is 1.23 bits per heavy atom. The molecule has 4 aromatic rings. The molecule has 1 aliphatic heterocycles. The van der Waals surface area contributed by atoms with Crippen molar-refractivity contribution < 1.29 is 9.18 Å². The third-order valence-corrected chi connectivity index (χ3v) is 5.64. The molecule has 3 N–H and O–H groups in total. The minimum atomic E-state index is -0.642. The standard InChI is InChI=1S/C21H21FN8O/c1-11-8-30-9-12(5-15(22)20(30)27-11)16-7-25-18-17(28-16)14(19(23)31)6-26-21(18)29-4-3-13(10-29)24-2/h5-9,13,24H,3-4,10H2,1-2H3,(H2,23,31). The van der Waals surface area contributed by atoms with Crippen molar-refractivity contribution in [1.82, 2.24) is 29.7 Å². The highest BCUT2D eigenvalue weighted by Gasteiger charge is 2.26. The number of rotatable bonds is 4. The highest BCUT2D eigenvalue weighted by molar-refractivity contribution is 6.06. The first kappa shape index (κ1) is 19.3. The number of primary amides is 1. The minimum absolute atomic E-state index is 0.178. The number of hydrogen-bond acceptors (Lipinski definition) is 7. The topological polar surface area (TPSA) is 114 Å². The molecule has 1 aliphatic rings. The predicted molar refractivity (Wildman–Crippen MR) is 114 cm³/mol. The summed E-state index contributed by atoms with van der Waals surface area (Å²) in [5.41, 5.74) is 8.49. The van der Waals surface area contributed by atoms with E-state index in [2.05, 4.69) is 30.2 Å². The second kappa shape index (κ2) is 7.24. The Balaban J connectivity index is 1.66. The summed E-state index contributed by atoms with van der Waals surface area (Å²) in [6.45, 7) is 3.39. The first-order valence-electron chi connectivity index (χ1n) is 9.97. The van der Waals surface area contributed by atoms with Crippen LogP contribution < -0.4 is 16.0 Å². The smallest absolute Gasteiger partial charge is 0.252 e. The summed E-state index contributed by atoms with van der Waals surface area (Å²) in [5, 5.41) is 3.27. The van der Waals surface area contributed by atoms with Gasteiger partial charge in [0.05, 0.1) is 23.1 Å². The largest absolute Gasteiger partial charge is 0.365 e. The quantitative estimate of drug-likeness (QED) is 0.516. The van der Waals surface area contributed by atoms with E-state index in [9.17, 15) is 9.18 Å². The molecule has 0 radical (unpaired) electrons. The van der Waals surface area contributed by atoms with Crippen molar-refractivity contribution in [2.45, 2.75) is 19.4 Å². The summed E-state index contributed by atoms with van der Waals surface area (Å²) in [5.74, 6) is -0.450. The SMILES string of the molecule is CNC1CCN(c2ncc(C(N)=O)c3nc(-c4cc(F)c5nc(C)cn5c4)cnc23)C1. The maximum atomic E-state index is 14.6. The van der Waals surface area contributed by atoms with Gasteiger partial charge in [0.2, 0.25) is 0 Å². The van der Waals surface area contributed by atoms with Gasteiger partial charge in [0, 0.05) is 43.3 Å². The third kappa shape index (κ3) is 3.25. The van der Waals surface area contributed by atoms with Crippen LogP contribution in [0.25, 0.3) is 27.9 Å². The van der Waals surface area contributed by atoms with Crippen LogP contribution in [0.4, 0.5) is 10.2 Å². The molecule has 5 heterocycles. The van der Waals surface area contributed by atoms with E-state index in [0.29, 0.717) is 39.8 Å². The van der Waals surface area contributed by atoms with Crippen LogP contribution in [0.2, 0.25) is 0 Å².